The maximum absolute atomic E-state index is 10.4. The fourth-order valence-electron chi connectivity index (χ4n) is 3.51. The smallest absolute Gasteiger partial charge is 0.120 e. The van der Waals surface area contributed by atoms with Gasteiger partial charge in [0.15, 0.2) is 0 Å². The lowest BCUT2D eigenvalue weighted by atomic mass is 10.00. The monoisotopic (exact) mass is 333 g/mol. The fourth-order valence-corrected chi connectivity index (χ4v) is 3.51. The summed E-state index contributed by atoms with van der Waals surface area (Å²) in [5.74, 6) is 0.807. The molecule has 0 spiro atoms. The molecule has 1 N–H and O–H groups in total. The van der Waals surface area contributed by atoms with Gasteiger partial charge >= 0.3 is 0 Å². The zero-order valence-electron chi connectivity index (χ0n) is 14.3. The van der Waals surface area contributed by atoms with E-state index < -0.39 is 6.10 Å². The van der Waals surface area contributed by atoms with E-state index in [1.165, 1.54) is 16.5 Å². The predicted molar refractivity (Wildman–Crippen MR) is 101 cm³/mol. The molecule has 0 aliphatic carbocycles. The highest BCUT2D eigenvalue weighted by Gasteiger charge is 2.18. The lowest BCUT2D eigenvalue weighted by Gasteiger charge is -2.30. The van der Waals surface area contributed by atoms with Crippen LogP contribution in [-0.2, 0) is 13.0 Å². The van der Waals surface area contributed by atoms with Crippen molar-refractivity contribution < 1.29 is 9.84 Å². The summed E-state index contributed by atoms with van der Waals surface area (Å²) in [5, 5.41) is 12.7. The van der Waals surface area contributed by atoms with Crippen LogP contribution in [0.25, 0.3) is 10.8 Å². The van der Waals surface area contributed by atoms with Gasteiger partial charge in [-0.2, -0.15) is 0 Å². The molecule has 0 fully saturated rings. The molecule has 0 saturated heterocycles. The van der Waals surface area contributed by atoms with E-state index in [2.05, 4.69) is 47.4 Å². The molecule has 3 aromatic carbocycles. The van der Waals surface area contributed by atoms with Crippen molar-refractivity contribution in [3.05, 3.63) is 77.9 Å². The van der Waals surface area contributed by atoms with Crippen LogP contribution in [0.2, 0.25) is 0 Å². The number of benzene rings is 3. The summed E-state index contributed by atoms with van der Waals surface area (Å²) < 4.78 is 5.81. The number of aliphatic hydroxyl groups is 1. The minimum absolute atomic E-state index is 0.316. The SMILES string of the molecule is O[C@@H](COc1ccc2ccccc2c1)CN1CCc2ccccc2C1. The van der Waals surface area contributed by atoms with E-state index in [0.29, 0.717) is 13.2 Å². The molecule has 0 unspecified atom stereocenters. The van der Waals surface area contributed by atoms with Crippen molar-refractivity contribution >= 4 is 10.8 Å². The molecule has 3 heteroatoms. The Bertz CT molecular complexity index is 861. The summed E-state index contributed by atoms with van der Waals surface area (Å²) in [6.45, 7) is 2.85. The van der Waals surface area contributed by atoms with Gasteiger partial charge in [-0.1, -0.05) is 54.6 Å². The minimum atomic E-state index is -0.489. The summed E-state index contributed by atoms with van der Waals surface area (Å²) >= 11 is 0. The normalized spacial score (nSPS) is 15.7. The Balaban J connectivity index is 1.32. The first kappa shape index (κ1) is 16.1. The largest absolute Gasteiger partial charge is 0.491 e. The second-order valence-corrected chi connectivity index (χ2v) is 6.73. The van der Waals surface area contributed by atoms with E-state index in [1.807, 2.05) is 24.3 Å². The van der Waals surface area contributed by atoms with Gasteiger partial charge in [0.2, 0.25) is 0 Å². The number of rotatable bonds is 5. The highest BCUT2D eigenvalue weighted by Crippen LogP contribution is 2.21. The van der Waals surface area contributed by atoms with Crippen LogP contribution in [0, 0.1) is 0 Å². The molecule has 0 amide bonds. The second-order valence-electron chi connectivity index (χ2n) is 6.73. The number of ether oxygens (including phenoxy) is 1. The number of β-amino-alcohol motifs (C(OH)–C–C–N with tert-alkyl or cyclic N) is 1. The Morgan fingerprint density at radius 3 is 2.56 bits per heavy atom. The molecule has 0 radical (unpaired) electrons. The van der Waals surface area contributed by atoms with Crippen molar-refractivity contribution in [1.29, 1.82) is 0 Å². The lowest BCUT2D eigenvalue weighted by Crippen LogP contribution is -2.38. The standard InChI is InChI=1S/C22H23NO2/c24-21(15-23-12-11-18-6-2-4-8-20(18)14-23)16-25-22-10-9-17-5-1-3-7-19(17)13-22/h1-10,13,21,24H,11-12,14-16H2/t21-/m1/s1. The molecule has 1 heterocycles. The maximum atomic E-state index is 10.4. The summed E-state index contributed by atoms with van der Waals surface area (Å²) in [7, 11) is 0. The van der Waals surface area contributed by atoms with E-state index in [1.54, 1.807) is 0 Å². The van der Waals surface area contributed by atoms with Crippen molar-refractivity contribution in [2.45, 2.75) is 19.1 Å². The van der Waals surface area contributed by atoms with Gasteiger partial charge in [0, 0.05) is 19.6 Å². The third kappa shape index (κ3) is 3.84. The summed E-state index contributed by atoms with van der Waals surface area (Å²) in [6.07, 6.45) is 0.561. The Morgan fingerprint density at radius 1 is 0.920 bits per heavy atom. The van der Waals surface area contributed by atoms with Gasteiger partial charge in [-0.05, 0) is 40.5 Å². The first-order valence-electron chi connectivity index (χ1n) is 8.87. The van der Waals surface area contributed by atoms with Crippen LogP contribution in [0.4, 0.5) is 0 Å². The van der Waals surface area contributed by atoms with Crippen LogP contribution in [0.5, 0.6) is 5.75 Å². The van der Waals surface area contributed by atoms with E-state index in [-0.39, 0.29) is 0 Å². The third-order valence-electron chi connectivity index (χ3n) is 4.84. The summed E-state index contributed by atoms with van der Waals surface area (Å²) in [4.78, 5) is 2.30. The number of hydrogen-bond acceptors (Lipinski definition) is 3. The molecule has 128 valence electrons. The Labute approximate surface area is 148 Å². The highest BCUT2D eigenvalue weighted by atomic mass is 16.5. The van der Waals surface area contributed by atoms with Gasteiger partial charge in [0.05, 0.1) is 0 Å². The van der Waals surface area contributed by atoms with Gasteiger partial charge in [-0.25, -0.2) is 0 Å². The molecule has 0 bridgehead atoms. The maximum Gasteiger partial charge on any atom is 0.120 e. The molecule has 0 aromatic heterocycles. The lowest BCUT2D eigenvalue weighted by molar-refractivity contribution is 0.0638. The van der Waals surface area contributed by atoms with Gasteiger partial charge < -0.3 is 9.84 Å². The molecule has 1 atom stereocenters. The second kappa shape index (κ2) is 7.26. The molecular weight excluding hydrogens is 310 g/mol. The number of fused-ring (bicyclic) bond motifs is 2. The topological polar surface area (TPSA) is 32.7 Å². The average molecular weight is 333 g/mol. The quantitative estimate of drug-likeness (QED) is 0.774. The molecule has 4 rings (SSSR count). The van der Waals surface area contributed by atoms with Gasteiger partial charge in [0.1, 0.15) is 18.5 Å². The first-order valence-corrected chi connectivity index (χ1v) is 8.87. The van der Waals surface area contributed by atoms with Crippen molar-refractivity contribution in [2.24, 2.45) is 0 Å². The van der Waals surface area contributed by atoms with E-state index in [9.17, 15) is 5.11 Å². The number of aliphatic hydroxyl groups excluding tert-OH is 1. The Kier molecular flexibility index (Phi) is 4.68. The summed E-state index contributed by atoms with van der Waals surface area (Å²) in [6, 6.07) is 22.8. The van der Waals surface area contributed by atoms with E-state index in [0.717, 1.165) is 30.6 Å². The Hall–Kier alpha value is -2.36. The first-order chi connectivity index (χ1) is 12.3. The van der Waals surface area contributed by atoms with Crippen molar-refractivity contribution in [3.8, 4) is 5.75 Å². The molecule has 25 heavy (non-hydrogen) atoms. The highest BCUT2D eigenvalue weighted by molar-refractivity contribution is 5.83. The van der Waals surface area contributed by atoms with E-state index >= 15 is 0 Å². The fraction of sp³-hybridized carbons (Fsp3) is 0.273. The van der Waals surface area contributed by atoms with Crippen molar-refractivity contribution in [1.82, 2.24) is 4.90 Å². The van der Waals surface area contributed by atoms with Crippen molar-refractivity contribution in [2.75, 3.05) is 19.7 Å². The predicted octanol–water partition coefficient (Wildman–Crippen LogP) is 3.64. The van der Waals surface area contributed by atoms with Crippen LogP contribution in [0.1, 0.15) is 11.1 Å². The zero-order valence-corrected chi connectivity index (χ0v) is 14.3. The zero-order chi connectivity index (χ0) is 17.1. The average Bonchev–Trinajstić information content (AvgIpc) is 2.66. The third-order valence-corrected chi connectivity index (χ3v) is 4.84. The van der Waals surface area contributed by atoms with Gasteiger partial charge in [-0.3, -0.25) is 4.90 Å². The van der Waals surface area contributed by atoms with Crippen LogP contribution in [-0.4, -0.2) is 35.8 Å². The molecule has 3 aromatic rings. The molecular formula is C22H23NO2. The number of hydrogen-bond donors (Lipinski definition) is 1. The summed E-state index contributed by atoms with van der Waals surface area (Å²) in [5.41, 5.74) is 2.80. The molecule has 1 aliphatic rings. The van der Waals surface area contributed by atoms with Crippen molar-refractivity contribution in [3.63, 3.8) is 0 Å². The van der Waals surface area contributed by atoms with Gasteiger partial charge in [0.25, 0.3) is 0 Å². The number of nitrogens with zero attached hydrogens (tertiary/aromatic N) is 1. The minimum Gasteiger partial charge on any atom is -0.491 e. The van der Waals surface area contributed by atoms with Crippen LogP contribution in [0.3, 0.4) is 0 Å². The van der Waals surface area contributed by atoms with Gasteiger partial charge in [-0.15, -0.1) is 0 Å². The molecule has 1 aliphatic heterocycles. The van der Waals surface area contributed by atoms with Crippen LogP contribution >= 0.6 is 0 Å². The Morgan fingerprint density at radius 2 is 1.68 bits per heavy atom. The van der Waals surface area contributed by atoms with Crippen LogP contribution < -0.4 is 4.74 Å². The van der Waals surface area contributed by atoms with E-state index in [4.69, 9.17) is 4.74 Å². The van der Waals surface area contributed by atoms with Crippen LogP contribution in [0.15, 0.2) is 66.7 Å². The molecule has 3 nitrogen and oxygen atoms in total. The molecule has 0 saturated carbocycles.